The fraction of sp³-hybridized carbons (Fsp3) is 0.250. The zero-order valence-electron chi connectivity index (χ0n) is 11.7. The maximum atomic E-state index is 14.1. The molecule has 0 bridgehead atoms. The van der Waals surface area contributed by atoms with Gasteiger partial charge in [0.05, 0.1) is 13.0 Å². The summed E-state index contributed by atoms with van der Waals surface area (Å²) in [6.07, 6.45) is 3.69. The summed E-state index contributed by atoms with van der Waals surface area (Å²) in [6.45, 7) is 2.51. The predicted octanol–water partition coefficient (Wildman–Crippen LogP) is 3.30. The average molecular weight is 289 g/mol. The summed E-state index contributed by atoms with van der Waals surface area (Å²) in [5.41, 5.74) is 1.46. The van der Waals surface area contributed by atoms with E-state index in [0.29, 0.717) is 29.0 Å². The Labute approximate surface area is 122 Å². The van der Waals surface area contributed by atoms with E-state index in [1.807, 2.05) is 6.92 Å². The van der Waals surface area contributed by atoms with Crippen molar-refractivity contribution in [1.29, 1.82) is 0 Å². The molecule has 4 nitrogen and oxygen atoms in total. The van der Waals surface area contributed by atoms with Gasteiger partial charge in [0.2, 0.25) is 0 Å². The number of rotatable bonds is 6. The Balaban J connectivity index is 2.27. The van der Waals surface area contributed by atoms with Crippen LogP contribution in [-0.2, 0) is 11.2 Å². The first kappa shape index (κ1) is 15.0. The van der Waals surface area contributed by atoms with Crippen LogP contribution in [-0.4, -0.2) is 22.7 Å². The molecule has 5 heteroatoms. The van der Waals surface area contributed by atoms with Crippen molar-refractivity contribution < 1.29 is 19.0 Å². The molecule has 0 atom stereocenters. The van der Waals surface area contributed by atoms with Gasteiger partial charge in [0.25, 0.3) is 0 Å². The number of carboxylic acids is 1. The molecule has 1 aromatic carbocycles. The highest BCUT2D eigenvalue weighted by molar-refractivity contribution is 5.72. The molecule has 1 heterocycles. The van der Waals surface area contributed by atoms with Crippen molar-refractivity contribution in [1.82, 2.24) is 4.98 Å². The van der Waals surface area contributed by atoms with Gasteiger partial charge in [-0.15, -0.1) is 0 Å². The average Bonchev–Trinajstić information content (AvgIpc) is 2.44. The molecule has 0 amide bonds. The van der Waals surface area contributed by atoms with E-state index < -0.39 is 11.8 Å². The van der Waals surface area contributed by atoms with Crippen LogP contribution >= 0.6 is 0 Å². The Bertz CT molecular complexity index is 643. The van der Waals surface area contributed by atoms with Crippen LogP contribution in [0.25, 0.3) is 11.1 Å². The van der Waals surface area contributed by atoms with Gasteiger partial charge in [0.15, 0.2) is 0 Å². The van der Waals surface area contributed by atoms with Crippen molar-refractivity contribution in [3.8, 4) is 16.9 Å². The van der Waals surface area contributed by atoms with E-state index in [1.165, 1.54) is 18.5 Å². The maximum Gasteiger partial charge on any atom is 0.307 e. The predicted molar refractivity (Wildman–Crippen MR) is 76.8 cm³/mol. The third-order valence-corrected chi connectivity index (χ3v) is 2.87. The molecule has 0 unspecified atom stereocenters. The number of carboxylic acid groups (broad SMARTS) is 1. The third kappa shape index (κ3) is 4.02. The van der Waals surface area contributed by atoms with Crippen molar-refractivity contribution in [3.63, 3.8) is 0 Å². The van der Waals surface area contributed by atoms with Crippen LogP contribution in [0.1, 0.15) is 18.9 Å². The molecular formula is C16H16FNO3. The molecule has 2 aromatic rings. The number of aliphatic carboxylic acids is 1. The molecule has 0 saturated carbocycles. The van der Waals surface area contributed by atoms with E-state index >= 15 is 0 Å². The number of nitrogens with zero attached hydrogens (tertiary/aromatic N) is 1. The molecule has 1 aromatic heterocycles. The lowest BCUT2D eigenvalue weighted by Crippen LogP contribution is -2.01. The monoisotopic (exact) mass is 289 g/mol. The SMILES string of the molecule is CCCOc1ccc(-c2cncc(CC(=O)O)c2)c(F)c1. The first-order chi connectivity index (χ1) is 10.1. The molecule has 0 radical (unpaired) electrons. The second-order valence-electron chi connectivity index (χ2n) is 4.64. The fourth-order valence-electron chi connectivity index (χ4n) is 1.95. The lowest BCUT2D eigenvalue weighted by molar-refractivity contribution is -0.136. The Hall–Kier alpha value is -2.43. The summed E-state index contributed by atoms with van der Waals surface area (Å²) in [6, 6.07) is 6.26. The second kappa shape index (κ2) is 6.83. The molecule has 0 fully saturated rings. The highest BCUT2D eigenvalue weighted by Gasteiger charge is 2.09. The molecule has 21 heavy (non-hydrogen) atoms. The summed E-state index contributed by atoms with van der Waals surface area (Å²) in [4.78, 5) is 14.7. The van der Waals surface area contributed by atoms with Crippen LogP contribution < -0.4 is 4.74 Å². The number of aromatic nitrogens is 1. The smallest absolute Gasteiger partial charge is 0.307 e. The van der Waals surface area contributed by atoms with Crippen LogP contribution in [0.2, 0.25) is 0 Å². The van der Waals surface area contributed by atoms with Crippen LogP contribution in [0, 0.1) is 5.82 Å². The minimum atomic E-state index is -0.947. The molecule has 0 saturated heterocycles. The summed E-state index contributed by atoms with van der Waals surface area (Å²) in [7, 11) is 0. The topological polar surface area (TPSA) is 59.4 Å². The van der Waals surface area contributed by atoms with E-state index in [0.717, 1.165) is 6.42 Å². The number of ether oxygens (including phenoxy) is 1. The second-order valence-corrected chi connectivity index (χ2v) is 4.64. The van der Waals surface area contributed by atoms with Crippen LogP contribution in [0.5, 0.6) is 5.75 Å². The quantitative estimate of drug-likeness (QED) is 0.886. The maximum absolute atomic E-state index is 14.1. The van der Waals surface area contributed by atoms with E-state index in [4.69, 9.17) is 9.84 Å². The molecule has 0 spiro atoms. The number of carbonyl (C=O) groups is 1. The summed E-state index contributed by atoms with van der Waals surface area (Å²) < 4.78 is 19.5. The summed E-state index contributed by atoms with van der Waals surface area (Å²) in [5.74, 6) is -0.886. The van der Waals surface area contributed by atoms with E-state index in [2.05, 4.69) is 4.98 Å². The van der Waals surface area contributed by atoms with Gasteiger partial charge in [-0.1, -0.05) is 6.92 Å². The van der Waals surface area contributed by atoms with Crippen LogP contribution in [0.4, 0.5) is 4.39 Å². The molecule has 2 rings (SSSR count). The van der Waals surface area contributed by atoms with Crippen LogP contribution in [0.3, 0.4) is 0 Å². The number of pyridine rings is 1. The molecule has 0 aliphatic heterocycles. The van der Waals surface area contributed by atoms with Gasteiger partial charge in [0.1, 0.15) is 11.6 Å². The van der Waals surface area contributed by atoms with Crippen molar-refractivity contribution in [2.75, 3.05) is 6.61 Å². The largest absolute Gasteiger partial charge is 0.494 e. The normalized spacial score (nSPS) is 10.4. The van der Waals surface area contributed by atoms with Gasteiger partial charge in [-0.3, -0.25) is 9.78 Å². The zero-order chi connectivity index (χ0) is 15.2. The number of benzene rings is 1. The van der Waals surface area contributed by atoms with Gasteiger partial charge >= 0.3 is 5.97 Å². The first-order valence-corrected chi connectivity index (χ1v) is 6.68. The van der Waals surface area contributed by atoms with Gasteiger partial charge in [-0.25, -0.2) is 4.39 Å². The summed E-state index contributed by atoms with van der Waals surface area (Å²) in [5, 5.41) is 8.78. The van der Waals surface area contributed by atoms with Gasteiger partial charge in [-0.2, -0.15) is 0 Å². The van der Waals surface area contributed by atoms with Crippen molar-refractivity contribution >= 4 is 5.97 Å². The number of hydrogen-bond donors (Lipinski definition) is 1. The molecule has 110 valence electrons. The lowest BCUT2D eigenvalue weighted by atomic mass is 10.0. The number of hydrogen-bond acceptors (Lipinski definition) is 3. The van der Waals surface area contributed by atoms with Crippen molar-refractivity contribution in [2.24, 2.45) is 0 Å². The first-order valence-electron chi connectivity index (χ1n) is 6.68. The van der Waals surface area contributed by atoms with Crippen LogP contribution in [0.15, 0.2) is 36.7 Å². The fourth-order valence-corrected chi connectivity index (χ4v) is 1.95. The van der Waals surface area contributed by atoms with E-state index in [9.17, 15) is 9.18 Å². The van der Waals surface area contributed by atoms with Gasteiger partial charge in [0, 0.05) is 29.6 Å². The van der Waals surface area contributed by atoms with E-state index in [1.54, 1.807) is 18.2 Å². The lowest BCUT2D eigenvalue weighted by Gasteiger charge is -2.08. The minimum Gasteiger partial charge on any atom is -0.494 e. The van der Waals surface area contributed by atoms with Crippen molar-refractivity contribution in [2.45, 2.75) is 19.8 Å². The number of halogens is 1. The molecule has 0 aliphatic carbocycles. The van der Waals surface area contributed by atoms with Gasteiger partial charge in [-0.05, 0) is 30.2 Å². The molecular weight excluding hydrogens is 273 g/mol. The Morgan fingerprint density at radius 2 is 2.14 bits per heavy atom. The standard InChI is InChI=1S/C16H16FNO3/c1-2-5-21-13-3-4-14(15(17)8-13)12-6-11(7-16(19)20)9-18-10-12/h3-4,6,8-10H,2,5,7H2,1H3,(H,19,20). The minimum absolute atomic E-state index is 0.139. The van der Waals surface area contributed by atoms with Gasteiger partial charge < -0.3 is 9.84 Å². The Kier molecular flexibility index (Phi) is 4.87. The van der Waals surface area contributed by atoms with Crippen molar-refractivity contribution in [3.05, 3.63) is 48.0 Å². The van der Waals surface area contributed by atoms with E-state index in [-0.39, 0.29) is 6.42 Å². The molecule has 1 N–H and O–H groups in total. The summed E-state index contributed by atoms with van der Waals surface area (Å²) >= 11 is 0. The Morgan fingerprint density at radius 3 is 2.81 bits per heavy atom. The third-order valence-electron chi connectivity index (χ3n) is 2.87. The highest BCUT2D eigenvalue weighted by Crippen LogP contribution is 2.26. The zero-order valence-corrected chi connectivity index (χ0v) is 11.7. The Morgan fingerprint density at radius 1 is 1.33 bits per heavy atom. The highest BCUT2D eigenvalue weighted by atomic mass is 19.1. The molecule has 0 aliphatic rings.